The Morgan fingerprint density at radius 2 is 1.76 bits per heavy atom. The maximum absolute atomic E-state index is 12.3. The SMILES string of the molecule is O=C(CN1CCC(NC(=O)CSc2cc(Cl)ccc2Cl)CC1)Nc1ccccc1. The lowest BCUT2D eigenvalue weighted by atomic mass is 10.1. The molecule has 0 bridgehead atoms. The van der Waals surface area contributed by atoms with Crippen LogP contribution in [0, 0.1) is 0 Å². The van der Waals surface area contributed by atoms with E-state index in [0.717, 1.165) is 36.5 Å². The molecule has 1 aliphatic rings. The highest BCUT2D eigenvalue weighted by Gasteiger charge is 2.22. The lowest BCUT2D eigenvalue weighted by Gasteiger charge is -2.31. The molecule has 2 aromatic rings. The number of nitrogens with zero attached hydrogens (tertiary/aromatic N) is 1. The normalized spacial score (nSPS) is 15.1. The van der Waals surface area contributed by atoms with E-state index in [2.05, 4.69) is 15.5 Å². The van der Waals surface area contributed by atoms with Gasteiger partial charge in [0.2, 0.25) is 11.8 Å². The van der Waals surface area contributed by atoms with Gasteiger partial charge in [0, 0.05) is 34.7 Å². The van der Waals surface area contributed by atoms with Crippen molar-refractivity contribution < 1.29 is 9.59 Å². The second-order valence-corrected chi connectivity index (χ2v) is 8.76. The van der Waals surface area contributed by atoms with E-state index in [1.54, 1.807) is 18.2 Å². The molecule has 1 fully saturated rings. The van der Waals surface area contributed by atoms with Gasteiger partial charge in [0.25, 0.3) is 0 Å². The molecule has 5 nitrogen and oxygen atoms in total. The number of carbonyl (C=O) groups is 2. The van der Waals surface area contributed by atoms with Crippen LogP contribution in [0.25, 0.3) is 0 Å². The van der Waals surface area contributed by atoms with Gasteiger partial charge in [0.05, 0.1) is 17.3 Å². The van der Waals surface area contributed by atoms with Crippen LogP contribution in [-0.4, -0.2) is 48.1 Å². The Kier molecular flexibility index (Phi) is 8.24. The number of rotatable bonds is 7. The number of piperidine rings is 1. The van der Waals surface area contributed by atoms with Crippen molar-refractivity contribution in [2.24, 2.45) is 0 Å². The maximum atomic E-state index is 12.3. The Morgan fingerprint density at radius 3 is 2.48 bits per heavy atom. The summed E-state index contributed by atoms with van der Waals surface area (Å²) in [5.41, 5.74) is 0.803. The van der Waals surface area contributed by atoms with Crippen LogP contribution in [0.1, 0.15) is 12.8 Å². The molecule has 154 valence electrons. The predicted octanol–water partition coefficient (Wildman–Crippen LogP) is 4.30. The summed E-state index contributed by atoms with van der Waals surface area (Å²) in [5.74, 6) is 0.250. The summed E-state index contributed by atoms with van der Waals surface area (Å²) in [6, 6.07) is 14.8. The van der Waals surface area contributed by atoms with Gasteiger partial charge in [-0.15, -0.1) is 11.8 Å². The number of benzene rings is 2. The van der Waals surface area contributed by atoms with E-state index in [9.17, 15) is 9.59 Å². The third-order valence-corrected chi connectivity index (χ3v) is 6.36. The van der Waals surface area contributed by atoms with Gasteiger partial charge in [-0.1, -0.05) is 41.4 Å². The number of hydrogen-bond acceptors (Lipinski definition) is 4. The smallest absolute Gasteiger partial charge is 0.238 e. The summed E-state index contributed by atoms with van der Waals surface area (Å²) in [7, 11) is 0. The predicted molar refractivity (Wildman–Crippen MR) is 120 cm³/mol. The minimum atomic E-state index is -0.0219. The number of carbonyl (C=O) groups excluding carboxylic acids is 2. The van der Waals surface area contributed by atoms with Crippen molar-refractivity contribution in [3.63, 3.8) is 0 Å². The van der Waals surface area contributed by atoms with Gasteiger partial charge < -0.3 is 10.6 Å². The number of hydrogen-bond donors (Lipinski definition) is 2. The van der Waals surface area contributed by atoms with E-state index >= 15 is 0 Å². The molecule has 3 rings (SSSR count). The zero-order valence-electron chi connectivity index (χ0n) is 15.9. The van der Waals surface area contributed by atoms with Gasteiger partial charge in [-0.3, -0.25) is 14.5 Å². The van der Waals surface area contributed by atoms with Crippen LogP contribution >= 0.6 is 35.0 Å². The maximum Gasteiger partial charge on any atom is 0.238 e. The molecule has 0 spiro atoms. The molecule has 0 saturated carbocycles. The molecule has 0 aliphatic carbocycles. The van der Waals surface area contributed by atoms with Crippen molar-refractivity contribution >= 4 is 52.5 Å². The summed E-state index contributed by atoms with van der Waals surface area (Å²) in [6.07, 6.45) is 1.65. The molecule has 0 aromatic heterocycles. The molecular formula is C21H23Cl2N3O2S. The van der Waals surface area contributed by atoms with E-state index in [-0.39, 0.29) is 17.9 Å². The van der Waals surface area contributed by atoms with Crippen molar-refractivity contribution in [1.82, 2.24) is 10.2 Å². The standard InChI is InChI=1S/C21H23Cl2N3O2S/c22-15-6-7-18(23)19(12-15)29-14-21(28)25-17-8-10-26(11-9-17)13-20(27)24-16-4-2-1-3-5-16/h1-7,12,17H,8-11,13-14H2,(H,24,27)(H,25,28). The first kappa shape index (κ1) is 22.0. The van der Waals surface area contributed by atoms with Crippen molar-refractivity contribution in [1.29, 1.82) is 0 Å². The van der Waals surface area contributed by atoms with Crippen LogP contribution < -0.4 is 10.6 Å². The lowest BCUT2D eigenvalue weighted by Crippen LogP contribution is -2.47. The van der Waals surface area contributed by atoms with E-state index in [0.29, 0.717) is 22.3 Å². The monoisotopic (exact) mass is 451 g/mol. The zero-order chi connectivity index (χ0) is 20.6. The highest BCUT2D eigenvalue weighted by molar-refractivity contribution is 8.00. The minimum Gasteiger partial charge on any atom is -0.353 e. The first-order chi connectivity index (χ1) is 14.0. The summed E-state index contributed by atoms with van der Waals surface area (Å²) in [6.45, 7) is 1.92. The van der Waals surface area contributed by atoms with Gasteiger partial charge in [-0.25, -0.2) is 0 Å². The summed E-state index contributed by atoms with van der Waals surface area (Å²) < 4.78 is 0. The molecular weight excluding hydrogens is 429 g/mol. The van der Waals surface area contributed by atoms with Crippen LogP contribution in [0.5, 0.6) is 0 Å². The summed E-state index contributed by atoms with van der Waals surface area (Å²) >= 11 is 13.5. The van der Waals surface area contributed by atoms with Gasteiger partial charge in [-0.05, 0) is 43.2 Å². The molecule has 8 heteroatoms. The number of halogens is 2. The van der Waals surface area contributed by atoms with Crippen molar-refractivity contribution in [2.45, 2.75) is 23.8 Å². The van der Waals surface area contributed by atoms with Crippen molar-refractivity contribution in [3.05, 3.63) is 58.6 Å². The van der Waals surface area contributed by atoms with Gasteiger partial charge >= 0.3 is 0 Å². The summed E-state index contributed by atoms with van der Waals surface area (Å²) in [5, 5.41) is 7.16. The average Bonchev–Trinajstić information content (AvgIpc) is 2.71. The lowest BCUT2D eigenvalue weighted by molar-refractivity contribution is -0.120. The third-order valence-electron chi connectivity index (χ3n) is 4.63. The van der Waals surface area contributed by atoms with Crippen LogP contribution in [-0.2, 0) is 9.59 Å². The molecule has 2 amide bonds. The van der Waals surface area contributed by atoms with E-state index < -0.39 is 0 Å². The highest BCUT2D eigenvalue weighted by Crippen LogP contribution is 2.29. The number of likely N-dealkylation sites (tertiary alicyclic amines) is 1. The molecule has 1 heterocycles. The van der Waals surface area contributed by atoms with Crippen LogP contribution in [0.2, 0.25) is 10.0 Å². The summed E-state index contributed by atoms with van der Waals surface area (Å²) in [4.78, 5) is 27.3. The van der Waals surface area contributed by atoms with Gasteiger partial charge in [0.15, 0.2) is 0 Å². The Hall–Kier alpha value is -1.73. The molecule has 1 saturated heterocycles. The van der Waals surface area contributed by atoms with Crippen LogP contribution in [0.4, 0.5) is 5.69 Å². The topological polar surface area (TPSA) is 61.4 Å². The number of thioether (sulfide) groups is 1. The zero-order valence-corrected chi connectivity index (χ0v) is 18.2. The van der Waals surface area contributed by atoms with E-state index in [1.165, 1.54) is 11.8 Å². The Morgan fingerprint density at radius 1 is 1.03 bits per heavy atom. The third kappa shape index (κ3) is 7.23. The molecule has 2 aromatic carbocycles. The Bertz CT molecular complexity index is 843. The van der Waals surface area contributed by atoms with Crippen LogP contribution in [0.15, 0.2) is 53.4 Å². The Labute approximate surface area is 185 Å². The molecule has 0 unspecified atom stereocenters. The highest BCUT2D eigenvalue weighted by atomic mass is 35.5. The fourth-order valence-electron chi connectivity index (χ4n) is 3.16. The van der Waals surface area contributed by atoms with Crippen molar-refractivity contribution in [2.75, 3.05) is 30.7 Å². The second kappa shape index (κ2) is 10.9. The first-order valence-corrected chi connectivity index (χ1v) is 11.2. The fourth-order valence-corrected chi connectivity index (χ4v) is 4.47. The molecule has 29 heavy (non-hydrogen) atoms. The minimum absolute atomic E-state index is 0.0199. The number of anilines is 1. The first-order valence-electron chi connectivity index (χ1n) is 9.44. The molecule has 0 atom stereocenters. The van der Waals surface area contributed by atoms with E-state index in [4.69, 9.17) is 23.2 Å². The van der Waals surface area contributed by atoms with Gasteiger partial charge in [-0.2, -0.15) is 0 Å². The quantitative estimate of drug-likeness (QED) is 0.615. The molecule has 2 N–H and O–H groups in total. The number of amides is 2. The van der Waals surface area contributed by atoms with Gasteiger partial charge in [0.1, 0.15) is 0 Å². The largest absolute Gasteiger partial charge is 0.353 e. The fraction of sp³-hybridized carbons (Fsp3) is 0.333. The Balaban J connectivity index is 1.36. The average molecular weight is 452 g/mol. The van der Waals surface area contributed by atoms with Crippen LogP contribution in [0.3, 0.4) is 0 Å². The number of nitrogens with one attached hydrogen (secondary N) is 2. The van der Waals surface area contributed by atoms with Crippen molar-refractivity contribution in [3.8, 4) is 0 Å². The van der Waals surface area contributed by atoms with E-state index in [1.807, 2.05) is 30.3 Å². The molecule has 1 aliphatic heterocycles. The molecule has 0 radical (unpaired) electrons. The second-order valence-electron chi connectivity index (χ2n) is 6.90. The number of para-hydroxylation sites is 1.